The summed E-state index contributed by atoms with van der Waals surface area (Å²) in [6, 6.07) is 3.35. The number of amides is 3. The number of pyridine rings is 1. The fourth-order valence-corrected chi connectivity index (χ4v) is 3.06. The molecule has 0 spiro atoms. The van der Waals surface area contributed by atoms with Gasteiger partial charge in [0.1, 0.15) is 0 Å². The van der Waals surface area contributed by atoms with Crippen LogP contribution < -0.4 is 16.0 Å². The molecule has 0 fully saturated rings. The van der Waals surface area contributed by atoms with Crippen molar-refractivity contribution in [2.45, 2.75) is 58.3 Å². The lowest BCUT2D eigenvalue weighted by Crippen LogP contribution is -2.40. The van der Waals surface area contributed by atoms with Gasteiger partial charge in [-0.25, -0.2) is 0 Å². The molecule has 1 heterocycles. The zero-order chi connectivity index (χ0) is 26.8. The monoisotopic (exact) mass is 506 g/mol. The van der Waals surface area contributed by atoms with Crippen molar-refractivity contribution in [1.29, 1.82) is 0 Å². The highest BCUT2D eigenvalue weighted by Crippen LogP contribution is 1.99. The van der Waals surface area contributed by atoms with Gasteiger partial charge in [-0.3, -0.25) is 19.4 Å². The van der Waals surface area contributed by atoms with Gasteiger partial charge in [-0.1, -0.05) is 67.7 Å². The van der Waals surface area contributed by atoms with Crippen molar-refractivity contribution in [3.05, 3.63) is 90.9 Å². The maximum absolute atomic E-state index is 11.9. The summed E-state index contributed by atoms with van der Waals surface area (Å²) in [5.41, 5.74) is 0.464. The molecular weight excluding hydrogens is 464 g/mol. The summed E-state index contributed by atoms with van der Waals surface area (Å²) in [6.07, 6.45) is 31.5. The number of nitrogens with one attached hydrogen (secondary N) is 3. The Balaban J connectivity index is 1.97. The van der Waals surface area contributed by atoms with Gasteiger partial charge in [0.15, 0.2) is 0 Å². The van der Waals surface area contributed by atoms with Gasteiger partial charge in [0.2, 0.25) is 11.8 Å². The number of carbonyl (C=O) groups is 3. The number of nitrogens with zero attached hydrogens (tertiary/aromatic N) is 1. The van der Waals surface area contributed by atoms with Crippen LogP contribution in [0.1, 0.15) is 68.6 Å². The maximum Gasteiger partial charge on any atom is 0.252 e. The molecule has 3 N–H and O–H groups in total. The summed E-state index contributed by atoms with van der Waals surface area (Å²) in [5.74, 6) is -0.683. The molecule has 7 heteroatoms. The van der Waals surface area contributed by atoms with E-state index in [2.05, 4.69) is 88.6 Å². The van der Waals surface area contributed by atoms with Gasteiger partial charge in [-0.05, 0) is 57.1 Å². The zero-order valence-electron chi connectivity index (χ0n) is 22.0. The first-order valence-electron chi connectivity index (χ1n) is 13.1. The fraction of sp³-hybridized carbons (Fsp3) is 0.400. The molecule has 7 nitrogen and oxygen atoms in total. The van der Waals surface area contributed by atoms with Crippen molar-refractivity contribution < 1.29 is 14.4 Å². The topological polar surface area (TPSA) is 100 Å². The second-order valence-corrected chi connectivity index (χ2v) is 8.22. The van der Waals surface area contributed by atoms with Crippen molar-refractivity contribution in [2.75, 3.05) is 19.6 Å². The Labute approximate surface area is 221 Å². The van der Waals surface area contributed by atoms with E-state index in [0.717, 1.165) is 44.9 Å². The third-order valence-electron chi connectivity index (χ3n) is 5.03. The molecular formula is C30H42N4O3. The Kier molecular flexibility index (Phi) is 19.2. The SMILES string of the molecule is CC/C=C\C/C=C\C/C=C\C/C=C\C/C=C\CCCC(=O)NCC(=O)NCCNC(=O)c1cccnc1. The average Bonchev–Trinajstić information content (AvgIpc) is 2.92. The number of hydrogen-bond acceptors (Lipinski definition) is 4. The first kappa shape index (κ1) is 31.3. The van der Waals surface area contributed by atoms with Crippen LogP contribution in [0.5, 0.6) is 0 Å². The van der Waals surface area contributed by atoms with E-state index in [9.17, 15) is 14.4 Å². The molecule has 1 aromatic heterocycles. The van der Waals surface area contributed by atoms with Crippen molar-refractivity contribution in [3.8, 4) is 0 Å². The van der Waals surface area contributed by atoms with Gasteiger partial charge < -0.3 is 16.0 Å². The molecule has 0 saturated heterocycles. The average molecular weight is 507 g/mol. The van der Waals surface area contributed by atoms with Crippen LogP contribution in [0.25, 0.3) is 0 Å². The third kappa shape index (κ3) is 19.2. The molecule has 3 amide bonds. The highest BCUT2D eigenvalue weighted by atomic mass is 16.2. The zero-order valence-corrected chi connectivity index (χ0v) is 22.0. The lowest BCUT2D eigenvalue weighted by molar-refractivity contribution is -0.126. The minimum Gasteiger partial charge on any atom is -0.353 e. The molecule has 1 aromatic rings. The minimum atomic E-state index is -0.290. The summed E-state index contributed by atoms with van der Waals surface area (Å²) < 4.78 is 0. The molecule has 0 aromatic carbocycles. The number of hydrogen-bond donors (Lipinski definition) is 3. The normalized spacial score (nSPS) is 11.8. The van der Waals surface area contributed by atoms with E-state index >= 15 is 0 Å². The lowest BCUT2D eigenvalue weighted by Gasteiger charge is -2.08. The van der Waals surface area contributed by atoms with Gasteiger partial charge >= 0.3 is 0 Å². The van der Waals surface area contributed by atoms with Crippen LogP contribution in [0.15, 0.2) is 85.3 Å². The van der Waals surface area contributed by atoms with Gasteiger partial charge in [0.25, 0.3) is 5.91 Å². The summed E-state index contributed by atoms with van der Waals surface area (Å²) in [4.78, 5) is 39.5. The predicted molar refractivity (Wildman–Crippen MR) is 151 cm³/mol. The quantitative estimate of drug-likeness (QED) is 0.182. The summed E-state index contributed by atoms with van der Waals surface area (Å²) in [5, 5.41) is 7.97. The van der Waals surface area contributed by atoms with Crippen LogP contribution in [-0.2, 0) is 9.59 Å². The number of rotatable bonds is 19. The first-order valence-corrected chi connectivity index (χ1v) is 13.1. The summed E-state index contributed by atoms with van der Waals surface area (Å²) in [6.45, 7) is 2.64. The van der Waals surface area contributed by atoms with E-state index < -0.39 is 0 Å². The van der Waals surface area contributed by atoms with E-state index in [-0.39, 0.29) is 30.8 Å². The first-order chi connectivity index (χ1) is 18.1. The van der Waals surface area contributed by atoms with Crippen LogP contribution in [0.2, 0.25) is 0 Å². The Morgan fingerprint density at radius 1 is 0.757 bits per heavy atom. The van der Waals surface area contributed by atoms with Crippen molar-refractivity contribution in [2.24, 2.45) is 0 Å². The Morgan fingerprint density at radius 2 is 1.35 bits per heavy atom. The highest BCUT2D eigenvalue weighted by Gasteiger charge is 2.06. The largest absolute Gasteiger partial charge is 0.353 e. The van der Waals surface area contributed by atoms with Gasteiger partial charge in [-0.15, -0.1) is 0 Å². The summed E-state index contributed by atoms with van der Waals surface area (Å²) >= 11 is 0. The molecule has 0 aliphatic heterocycles. The molecule has 0 radical (unpaired) electrons. The Morgan fingerprint density at radius 3 is 1.95 bits per heavy atom. The molecule has 0 bridgehead atoms. The van der Waals surface area contributed by atoms with Gasteiger partial charge in [-0.2, -0.15) is 0 Å². The molecule has 0 unspecified atom stereocenters. The van der Waals surface area contributed by atoms with Crippen molar-refractivity contribution in [3.63, 3.8) is 0 Å². The number of allylic oxidation sites excluding steroid dienone is 10. The lowest BCUT2D eigenvalue weighted by atomic mass is 10.2. The highest BCUT2D eigenvalue weighted by molar-refractivity contribution is 5.93. The van der Waals surface area contributed by atoms with Gasteiger partial charge in [0.05, 0.1) is 12.1 Å². The predicted octanol–water partition coefficient (Wildman–Crippen LogP) is 4.97. The van der Waals surface area contributed by atoms with E-state index in [1.165, 1.54) is 6.20 Å². The van der Waals surface area contributed by atoms with Crippen molar-refractivity contribution >= 4 is 17.7 Å². The van der Waals surface area contributed by atoms with Crippen LogP contribution in [0.4, 0.5) is 0 Å². The van der Waals surface area contributed by atoms with E-state index in [1.807, 2.05) is 0 Å². The minimum absolute atomic E-state index is 0.0724. The molecule has 37 heavy (non-hydrogen) atoms. The molecule has 200 valence electrons. The number of carbonyl (C=O) groups excluding carboxylic acids is 3. The number of aromatic nitrogens is 1. The second-order valence-electron chi connectivity index (χ2n) is 8.22. The van der Waals surface area contributed by atoms with Crippen LogP contribution in [0.3, 0.4) is 0 Å². The second kappa shape index (κ2) is 22.7. The Hall–Kier alpha value is -3.74. The van der Waals surface area contributed by atoms with Crippen molar-refractivity contribution in [1.82, 2.24) is 20.9 Å². The third-order valence-corrected chi connectivity index (χ3v) is 5.03. The summed E-state index contributed by atoms with van der Waals surface area (Å²) in [7, 11) is 0. The fourth-order valence-electron chi connectivity index (χ4n) is 3.06. The maximum atomic E-state index is 11.9. The molecule has 0 aliphatic rings. The number of unbranched alkanes of at least 4 members (excludes halogenated alkanes) is 1. The smallest absolute Gasteiger partial charge is 0.252 e. The van der Waals surface area contributed by atoms with Gasteiger partial charge in [0, 0.05) is 31.9 Å². The standard InChI is InChI=1S/C30H42N4O3/c1-2-3-4-5-6-7-8-9-10-11-12-13-14-15-16-17-18-21-28(35)34-26-29(36)32-23-24-33-30(37)27-20-19-22-31-25-27/h3-4,6-7,9-10,12-13,15-16,19-20,22,25H,2,5,8,11,14,17-18,21,23-24,26H2,1H3,(H,32,36)(H,33,37)(H,34,35)/b4-3-,7-6-,10-9-,13-12-,16-15-. The van der Waals surface area contributed by atoms with E-state index in [4.69, 9.17) is 0 Å². The molecule has 0 atom stereocenters. The van der Waals surface area contributed by atoms with Crippen LogP contribution in [0, 0.1) is 0 Å². The molecule has 1 rings (SSSR count). The van der Waals surface area contributed by atoms with Crippen LogP contribution in [-0.4, -0.2) is 42.3 Å². The van der Waals surface area contributed by atoms with E-state index in [0.29, 0.717) is 18.5 Å². The molecule has 0 aliphatic carbocycles. The van der Waals surface area contributed by atoms with Crippen LogP contribution >= 0.6 is 0 Å². The Bertz CT molecular complexity index is 918. The molecule has 0 saturated carbocycles. The van der Waals surface area contributed by atoms with E-state index in [1.54, 1.807) is 18.3 Å².